The van der Waals surface area contributed by atoms with Gasteiger partial charge in [-0.05, 0) is 50.2 Å². The lowest BCUT2D eigenvalue weighted by molar-refractivity contribution is 0.0761. The molecule has 0 aliphatic rings. The van der Waals surface area contributed by atoms with Crippen LogP contribution in [0.25, 0.3) is 0 Å². The predicted octanol–water partition coefficient (Wildman–Crippen LogP) is 3.91. The van der Waals surface area contributed by atoms with Gasteiger partial charge >= 0.3 is 0 Å². The fraction of sp³-hybridized carbons (Fsp3) is 0.357. The van der Waals surface area contributed by atoms with Crippen LogP contribution in [0.5, 0.6) is 11.5 Å². The summed E-state index contributed by atoms with van der Waals surface area (Å²) in [5.74, 6) is 1.16. The molecule has 0 fully saturated rings. The first-order valence-corrected chi connectivity index (χ1v) is 15.4. The lowest BCUT2D eigenvalue weighted by Gasteiger charge is -2.11. The molecule has 0 amide bonds. The van der Waals surface area contributed by atoms with E-state index in [0.717, 1.165) is 11.1 Å². The van der Waals surface area contributed by atoms with E-state index in [9.17, 15) is 16.8 Å². The number of hydrogen-bond acceptors (Lipinski definition) is 10. The molecular formula is C28H34O10S2. The van der Waals surface area contributed by atoms with Crippen molar-refractivity contribution in [3.05, 3.63) is 83.9 Å². The Labute approximate surface area is 236 Å². The topological polar surface area (TPSA) is 124 Å². The van der Waals surface area contributed by atoms with E-state index in [1.54, 1.807) is 48.5 Å². The highest BCUT2D eigenvalue weighted by Gasteiger charge is 2.15. The Bertz CT molecular complexity index is 1280. The molecule has 0 unspecified atom stereocenters. The van der Waals surface area contributed by atoms with Crippen LogP contribution in [0.4, 0.5) is 0 Å². The van der Waals surface area contributed by atoms with Crippen molar-refractivity contribution in [2.24, 2.45) is 0 Å². The largest absolute Gasteiger partial charge is 0.491 e. The van der Waals surface area contributed by atoms with Crippen molar-refractivity contribution < 1.29 is 44.1 Å². The maximum absolute atomic E-state index is 12.1. The zero-order valence-corrected chi connectivity index (χ0v) is 24.1. The highest BCUT2D eigenvalue weighted by Crippen LogP contribution is 2.19. The van der Waals surface area contributed by atoms with Gasteiger partial charge in [-0.2, -0.15) is 16.8 Å². The minimum atomic E-state index is -3.81. The molecule has 40 heavy (non-hydrogen) atoms. The molecule has 0 saturated heterocycles. The van der Waals surface area contributed by atoms with Gasteiger partial charge in [-0.3, -0.25) is 8.37 Å². The van der Waals surface area contributed by atoms with E-state index in [1.165, 1.54) is 24.3 Å². The summed E-state index contributed by atoms with van der Waals surface area (Å²) in [5.41, 5.74) is 1.92. The smallest absolute Gasteiger partial charge is 0.297 e. The molecule has 0 N–H and O–H groups in total. The van der Waals surface area contributed by atoms with Crippen LogP contribution in [0.15, 0.2) is 82.6 Å². The average Bonchev–Trinajstić information content (AvgIpc) is 2.92. The van der Waals surface area contributed by atoms with E-state index in [1.807, 2.05) is 13.8 Å². The first-order chi connectivity index (χ1) is 19.2. The van der Waals surface area contributed by atoms with Crippen molar-refractivity contribution in [3.63, 3.8) is 0 Å². The highest BCUT2D eigenvalue weighted by molar-refractivity contribution is 7.87. The molecule has 0 aromatic heterocycles. The maximum Gasteiger partial charge on any atom is 0.297 e. The van der Waals surface area contributed by atoms with Gasteiger partial charge in [0.05, 0.1) is 49.4 Å². The molecule has 10 nitrogen and oxygen atoms in total. The van der Waals surface area contributed by atoms with E-state index in [-0.39, 0.29) is 62.6 Å². The zero-order valence-electron chi connectivity index (χ0n) is 22.5. The molecule has 0 bridgehead atoms. The number of ether oxygens (including phenoxy) is 4. The van der Waals surface area contributed by atoms with Gasteiger partial charge in [-0.15, -0.1) is 0 Å². The minimum absolute atomic E-state index is 0.0977. The molecule has 0 saturated carbocycles. The molecule has 218 valence electrons. The second-order valence-electron chi connectivity index (χ2n) is 8.57. The summed E-state index contributed by atoms with van der Waals surface area (Å²) in [6, 6.07) is 19.9. The van der Waals surface area contributed by atoms with Crippen LogP contribution in [0, 0.1) is 13.8 Å². The van der Waals surface area contributed by atoms with E-state index >= 15 is 0 Å². The molecule has 0 radical (unpaired) electrons. The van der Waals surface area contributed by atoms with Crippen LogP contribution in [0.1, 0.15) is 11.1 Å². The second-order valence-corrected chi connectivity index (χ2v) is 11.8. The molecule has 0 spiro atoms. The summed E-state index contributed by atoms with van der Waals surface area (Å²) < 4.78 is 80.6. The van der Waals surface area contributed by atoms with Gasteiger partial charge < -0.3 is 18.9 Å². The summed E-state index contributed by atoms with van der Waals surface area (Å²) >= 11 is 0. The number of aryl methyl sites for hydroxylation is 2. The van der Waals surface area contributed by atoms with Gasteiger partial charge in [0.1, 0.15) is 24.7 Å². The predicted molar refractivity (Wildman–Crippen MR) is 148 cm³/mol. The Kier molecular flexibility index (Phi) is 12.4. The number of benzene rings is 3. The van der Waals surface area contributed by atoms with Crippen LogP contribution in [-0.4, -0.2) is 69.7 Å². The van der Waals surface area contributed by atoms with Crippen LogP contribution in [0.2, 0.25) is 0 Å². The molecule has 0 heterocycles. The fourth-order valence-corrected chi connectivity index (χ4v) is 5.03. The van der Waals surface area contributed by atoms with E-state index in [2.05, 4.69) is 0 Å². The second kappa shape index (κ2) is 15.7. The van der Waals surface area contributed by atoms with E-state index in [0.29, 0.717) is 11.5 Å². The van der Waals surface area contributed by atoms with Crippen molar-refractivity contribution in [3.8, 4) is 11.5 Å². The quantitative estimate of drug-likeness (QED) is 0.158. The van der Waals surface area contributed by atoms with Crippen LogP contribution in [-0.2, 0) is 38.1 Å². The van der Waals surface area contributed by atoms with Crippen molar-refractivity contribution in [1.82, 2.24) is 0 Å². The third-order valence-electron chi connectivity index (χ3n) is 5.35. The van der Waals surface area contributed by atoms with E-state index in [4.69, 9.17) is 27.3 Å². The molecule has 0 atom stereocenters. The third-order valence-corrected chi connectivity index (χ3v) is 8.00. The zero-order chi connectivity index (χ0) is 28.8. The van der Waals surface area contributed by atoms with Crippen molar-refractivity contribution >= 4 is 20.2 Å². The Balaban J connectivity index is 1.24. The summed E-state index contributed by atoms with van der Waals surface area (Å²) in [7, 11) is -7.63. The van der Waals surface area contributed by atoms with Crippen molar-refractivity contribution in [2.75, 3.05) is 52.9 Å². The normalized spacial score (nSPS) is 11.8. The van der Waals surface area contributed by atoms with E-state index < -0.39 is 20.2 Å². The molecule has 3 rings (SSSR count). The maximum atomic E-state index is 12.1. The van der Waals surface area contributed by atoms with Crippen molar-refractivity contribution in [2.45, 2.75) is 23.6 Å². The summed E-state index contributed by atoms with van der Waals surface area (Å²) in [5, 5.41) is 0. The van der Waals surface area contributed by atoms with Gasteiger partial charge in [-0.1, -0.05) is 41.5 Å². The molecular weight excluding hydrogens is 560 g/mol. The number of hydrogen-bond donors (Lipinski definition) is 0. The molecule has 0 aliphatic carbocycles. The van der Waals surface area contributed by atoms with Gasteiger partial charge in [-0.25, -0.2) is 0 Å². The standard InChI is InChI=1S/C28H34O10S2/c1-23-6-10-27(11-7-23)39(29,30)37-20-16-33-14-18-35-25-4-3-5-26(22-25)36-19-15-34-17-21-38-40(31,32)28-12-8-24(2)9-13-28/h3-13,22H,14-21H2,1-2H3. The van der Waals surface area contributed by atoms with Crippen LogP contribution >= 0.6 is 0 Å². The van der Waals surface area contributed by atoms with Gasteiger partial charge in [0, 0.05) is 6.07 Å². The lowest BCUT2D eigenvalue weighted by Crippen LogP contribution is -2.14. The Morgan fingerprint density at radius 3 is 1.27 bits per heavy atom. The molecule has 3 aromatic rings. The van der Waals surface area contributed by atoms with Crippen LogP contribution < -0.4 is 9.47 Å². The van der Waals surface area contributed by atoms with Gasteiger partial charge in [0.25, 0.3) is 20.2 Å². The average molecular weight is 595 g/mol. The third kappa shape index (κ3) is 10.9. The lowest BCUT2D eigenvalue weighted by atomic mass is 10.2. The SMILES string of the molecule is Cc1ccc(S(=O)(=O)OCCOCCOc2cccc(OCCOCCOS(=O)(=O)c3ccc(C)cc3)c2)cc1. The summed E-state index contributed by atoms with van der Waals surface area (Å²) in [4.78, 5) is 0.210. The minimum Gasteiger partial charge on any atom is -0.491 e. The first kappa shape index (κ1) is 31.5. The summed E-state index contributed by atoms with van der Waals surface area (Å²) in [6.07, 6.45) is 0. The summed E-state index contributed by atoms with van der Waals surface area (Å²) in [6.45, 7) is 4.73. The Morgan fingerprint density at radius 1 is 0.500 bits per heavy atom. The van der Waals surface area contributed by atoms with Crippen LogP contribution in [0.3, 0.4) is 0 Å². The monoisotopic (exact) mass is 594 g/mol. The highest BCUT2D eigenvalue weighted by atomic mass is 32.2. The molecule has 0 aliphatic heterocycles. The Morgan fingerprint density at radius 2 is 0.875 bits per heavy atom. The van der Waals surface area contributed by atoms with Gasteiger partial charge in [0.15, 0.2) is 0 Å². The molecule has 12 heteroatoms. The first-order valence-electron chi connectivity index (χ1n) is 12.6. The molecule has 3 aromatic carbocycles. The van der Waals surface area contributed by atoms with Gasteiger partial charge in [0.2, 0.25) is 0 Å². The Hall–Kier alpha value is -3.00. The fourth-order valence-electron chi connectivity index (χ4n) is 3.25. The van der Waals surface area contributed by atoms with Crippen molar-refractivity contribution in [1.29, 1.82) is 0 Å². The number of rotatable bonds is 18.